The third kappa shape index (κ3) is 3.49. The van der Waals surface area contributed by atoms with Gasteiger partial charge in [-0.05, 0) is 25.2 Å². The summed E-state index contributed by atoms with van der Waals surface area (Å²) in [5.74, 6) is -2.34. The monoisotopic (exact) mass is 287 g/mol. The summed E-state index contributed by atoms with van der Waals surface area (Å²) in [6.45, 7) is 3.01. The highest BCUT2D eigenvalue weighted by molar-refractivity contribution is 5.85. The minimum Gasteiger partial charge on any atom is -0.481 e. The average Bonchev–Trinajstić information content (AvgIpc) is 2.89. The minimum absolute atomic E-state index is 0.242. The molecule has 0 aromatic carbocycles. The first kappa shape index (κ1) is 16.9. The van der Waals surface area contributed by atoms with Crippen LogP contribution in [0, 0.1) is 17.8 Å². The number of carboxylic acid groups (broad SMARTS) is 1. The quantitative estimate of drug-likeness (QED) is 0.541. The van der Waals surface area contributed by atoms with E-state index in [-0.39, 0.29) is 25.0 Å². The van der Waals surface area contributed by atoms with Gasteiger partial charge >= 0.3 is 5.97 Å². The summed E-state index contributed by atoms with van der Waals surface area (Å²) in [5.41, 5.74) is -1.07. The fraction of sp³-hybridized carbons (Fsp3) is 0.857. The van der Waals surface area contributed by atoms with Gasteiger partial charge < -0.3 is 20.6 Å². The summed E-state index contributed by atoms with van der Waals surface area (Å²) >= 11 is 0. The third-order valence-corrected chi connectivity index (χ3v) is 4.56. The van der Waals surface area contributed by atoms with Crippen LogP contribution in [0.2, 0.25) is 0 Å². The number of carbonyl (C=O) groups is 2. The lowest BCUT2D eigenvalue weighted by molar-refractivity contribution is -0.146. The number of carboxylic acids is 1. The summed E-state index contributed by atoms with van der Waals surface area (Å²) in [5, 5.41) is 30.6. The molecule has 116 valence electrons. The molecule has 0 bridgehead atoms. The molecule has 0 aromatic rings. The van der Waals surface area contributed by atoms with E-state index in [2.05, 4.69) is 5.32 Å². The van der Waals surface area contributed by atoms with Crippen LogP contribution in [0.15, 0.2) is 0 Å². The van der Waals surface area contributed by atoms with E-state index in [9.17, 15) is 24.9 Å². The molecule has 0 spiro atoms. The van der Waals surface area contributed by atoms with Crippen LogP contribution in [0.25, 0.3) is 0 Å². The van der Waals surface area contributed by atoms with Crippen molar-refractivity contribution in [2.75, 3.05) is 13.2 Å². The minimum atomic E-state index is -1.07. The Morgan fingerprint density at radius 3 is 2.10 bits per heavy atom. The Hall–Kier alpha value is -1.14. The van der Waals surface area contributed by atoms with Crippen LogP contribution in [-0.4, -0.2) is 45.9 Å². The van der Waals surface area contributed by atoms with Gasteiger partial charge in [0.15, 0.2) is 0 Å². The van der Waals surface area contributed by atoms with Crippen molar-refractivity contribution in [3.8, 4) is 0 Å². The standard InChI is InChI=1S/C14H25NO5/c1-3-9-5-10(11(6-9)13(19)20)12(18)15-14(4-2,7-16)8-17/h9-11,16-17H,3-8H2,1-2H3,(H,15,18)(H,19,20)/t9?,10-,11+/m0/s1. The van der Waals surface area contributed by atoms with E-state index < -0.39 is 23.3 Å². The van der Waals surface area contributed by atoms with Gasteiger partial charge in [-0.3, -0.25) is 9.59 Å². The number of aliphatic hydroxyl groups excluding tert-OH is 2. The Morgan fingerprint density at radius 1 is 1.15 bits per heavy atom. The highest BCUT2D eigenvalue weighted by Gasteiger charge is 2.43. The summed E-state index contributed by atoms with van der Waals surface area (Å²) in [6, 6.07) is 0. The van der Waals surface area contributed by atoms with Crippen molar-refractivity contribution in [2.45, 2.75) is 45.1 Å². The molecule has 0 saturated heterocycles. The number of amides is 1. The van der Waals surface area contributed by atoms with Gasteiger partial charge in [0, 0.05) is 0 Å². The lowest BCUT2D eigenvalue weighted by Crippen LogP contribution is -2.55. The molecular weight excluding hydrogens is 262 g/mol. The molecule has 1 aliphatic carbocycles. The number of rotatable bonds is 7. The van der Waals surface area contributed by atoms with E-state index in [1.807, 2.05) is 6.92 Å². The lowest BCUT2D eigenvalue weighted by atomic mass is 9.92. The van der Waals surface area contributed by atoms with Crippen LogP contribution >= 0.6 is 0 Å². The molecular formula is C14H25NO5. The fourth-order valence-electron chi connectivity index (χ4n) is 2.83. The predicted molar refractivity (Wildman–Crippen MR) is 73.0 cm³/mol. The van der Waals surface area contributed by atoms with Crippen molar-refractivity contribution in [2.24, 2.45) is 17.8 Å². The Bertz CT molecular complexity index is 345. The summed E-state index contributed by atoms with van der Waals surface area (Å²) in [7, 11) is 0. The van der Waals surface area contributed by atoms with Crippen LogP contribution in [0.3, 0.4) is 0 Å². The van der Waals surface area contributed by atoms with Gasteiger partial charge in [-0.1, -0.05) is 20.3 Å². The van der Waals surface area contributed by atoms with Gasteiger partial charge in [-0.2, -0.15) is 0 Å². The number of hydrogen-bond donors (Lipinski definition) is 4. The first-order chi connectivity index (χ1) is 9.42. The maximum absolute atomic E-state index is 12.3. The van der Waals surface area contributed by atoms with Gasteiger partial charge in [-0.15, -0.1) is 0 Å². The van der Waals surface area contributed by atoms with Gasteiger partial charge in [0.1, 0.15) is 0 Å². The van der Waals surface area contributed by atoms with Crippen LogP contribution in [0.4, 0.5) is 0 Å². The topological polar surface area (TPSA) is 107 Å². The molecule has 6 nitrogen and oxygen atoms in total. The van der Waals surface area contributed by atoms with Gasteiger partial charge in [-0.25, -0.2) is 0 Å². The first-order valence-corrected chi connectivity index (χ1v) is 7.19. The summed E-state index contributed by atoms with van der Waals surface area (Å²) in [6.07, 6.45) is 2.30. The zero-order valence-electron chi connectivity index (χ0n) is 12.1. The maximum Gasteiger partial charge on any atom is 0.307 e. The highest BCUT2D eigenvalue weighted by atomic mass is 16.4. The molecule has 0 aliphatic heterocycles. The second kappa shape index (κ2) is 7.04. The number of aliphatic carboxylic acids is 1. The zero-order valence-corrected chi connectivity index (χ0v) is 12.1. The molecule has 1 aliphatic rings. The van der Waals surface area contributed by atoms with E-state index in [0.29, 0.717) is 19.3 Å². The van der Waals surface area contributed by atoms with E-state index in [1.165, 1.54) is 0 Å². The molecule has 1 rings (SSSR count). The Balaban J connectivity index is 2.81. The van der Waals surface area contributed by atoms with Crippen LogP contribution in [0.5, 0.6) is 0 Å². The van der Waals surface area contributed by atoms with Gasteiger partial charge in [0.25, 0.3) is 0 Å². The van der Waals surface area contributed by atoms with Crippen molar-refractivity contribution in [3.63, 3.8) is 0 Å². The molecule has 0 aromatic heterocycles. The molecule has 6 heteroatoms. The molecule has 1 amide bonds. The van der Waals surface area contributed by atoms with E-state index in [1.54, 1.807) is 6.92 Å². The highest BCUT2D eigenvalue weighted by Crippen LogP contribution is 2.38. The molecule has 20 heavy (non-hydrogen) atoms. The molecule has 3 atom stereocenters. The molecule has 0 radical (unpaired) electrons. The Labute approximate surface area is 119 Å². The van der Waals surface area contributed by atoms with Crippen LogP contribution in [-0.2, 0) is 9.59 Å². The Morgan fingerprint density at radius 2 is 1.70 bits per heavy atom. The number of aliphatic hydroxyl groups is 2. The van der Waals surface area contributed by atoms with E-state index in [0.717, 1.165) is 6.42 Å². The lowest BCUT2D eigenvalue weighted by Gasteiger charge is -2.31. The third-order valence-electron chi connectivity index (χ3n) is 4.56. The number of nitrogens with one attached hydrogen (secondary N) is 1. The van der Waals surface area contributed by atoms with Crippen molar-refractivity contribution in [1.82, 2.24) is 5.32 Å². The molecule has 0 heterocycles. The SMILES string of the molecule is CCC1C[C@H](C(=O)NC(CC)(CO)CO)[C@H](C(=O)O)C1. The molecule has 4 N–H and O–H groups in total. The predicted octanol–water partition coefficient (Wildman–Crippen LogP) is 0.373. The second-order valence-electron chi connectivity index (χ2n) is 5.74. The fourth-order valence-corrected chi connectivity index (χ4v) is 2.83. The maximum atomic E-state index is 12.3. The van der Waals surface area contributed by atoms with Crippen molar-refractivity contribution < 1.29 is 24.9 Å². The Kier molecular flexibility index (Phi) is 5.95. The molecule has 1 saturated carbocycles. The van der Waals surface area contributed by atoms with E-state index in [4.69, 9.17) is 0 Å². The normalized spacial score (nSPS) is 26.5. The molecule has 1 unspecified atom stereocenters. The smallest absolute Gasteiger partial charge is 0.307 e. The van der Waals surface area contributed by atoms with Crippen LogP contribution < -0.4 is 5.32 Å². The summed E-state index contributed by atoms with van der Waals surface area (Å²) in [4.78, 5) is 23.6. The number of hydrogen-bond acceptors (Lipinski definition) is 4. The molecule has 1 fully saturated rings. The van der Waals surface area contributed by atoms with Crippen molar-refractivity contribution >= 4 is 11.9 Å². The summed E-state index contributed by atoms with van der Waals surface area (Å²) < 4.78 is 0. The zero-order chi connectivity index (χ0) is 15.3. The largest absolute Gasteiger partial charge is 0.481 e. The average molecular weight is 287 g/mol. The van der Waals surface area contributed by atoms with Gasteiger partial charge in [0.05, 0.1) is 30.6 Å². The number of carbonyl (C=O) groups excluding carboxylic acids is 1. The first-order valence-electron chi connectivity index (χ1n) is 7.19. The van der Waals surface area contributed by atoms with Crippen molar-refractivity contribution in [3.05, 3.63) is 0 Å². The second-order valence-corrected chi connectivity index (χ2v) is 5.74. The van der Waals surface area contributed by atoms with Gasteiger partial charge in [0.2, 0.25) is 5.91 Å². The van der Waals surface area contributed by atoms with Crippen LogP contribution in [0.1, 0.15) is 39.5 Å². The van der Waals surface area contributed by atoms with E-state index >= 15 is 0 Å². The van der Waals surface area contributed by atoms with Crippen molar-refractivity contribution in [1.29, 1.82) is 0 Å².